The molecule has 0 radical (unpaired) electrons. The summed E-state index contributed by atoms with van der Waals surface area (Å²) in [6.07, 6.45) is 11.8. The Labute approximate surface area is 88.9 Å². The summed E-state index contributed by atoms with van der Waals surface area (Å²) >= 11 is 0. The fourth-order valence-corrected chi connectivity index (χ4v) is 3.38. The van der Waals surface area contributed by atoms with Crippen molar-refractivity contribution in [1.82, 2.24) is 4.90 Å². The second kappa shape index (κ2) is 4.65. The van der Waals surface area contributed by atoms with Crippen molar-refractivity contribution in [3.63, 3.8) is 0 Å². The maximum Gasteiger partial charge on any atom is 0.00983 e. The fourth-order valence-electron chi connectivity index (χ4n) is 3.38. The first-order valence-electron chi connectivity index (χ1n) is 6.51. The van der Waals surface area contributed by atoms with E-state index in [0.717, 1.165) is 18.0 Å². The zero-order valence-electron chi connectivity index (χ0n) is 9.84. The molecule has 3 unspecified atom stereocenters. The van der Waals surface area contributed by atoms with Crippen molar-refractivity contribution >= 4 is 0 Å². The zero-order valence-corrected chi connectivity index (χ0v) is 9.84. The Bertz CT molecular complexity index is 160. The zero-order chi connectivity index (χ0) is 9.97. The third-order valence-electron chi connectivity index (χ3n) is 4.59. The van der Waals surface area contributed by atoms with Crippen molar-refractivity contribution in [3.8, 4) is 0 Å². The fraction of sp³-hybridized carbons (Fsp3) is 1.00. The molecule has 3 atom stereocenters. The third kappa shape index (κ3) is 2.13. The number of likely N-dealkylation sites (tertiary alicyclic amines) is 1. The number of rotatable bonds is 0. The van der Waals surface area contributed by atoms with Gasteiger partial charge in [0.15, 0.2) is 0 Å². The van der Waals surface area contributed by atoms with Crippen molar-refractivity contribution < 1.29 is 0 Å². The van der Waals surface area contributed by atoms with Gasteiger partial charge in [-0.1, -0.05) is 32.1 Å². The third-order valence-corrected chi connectivity index (χ3v) is 4.59. The van der Waals surface area contributed by atoms with Gasteiger partial charge in [-0.05, 0) is 39.2 Å². The molecule has 0 aromatic rings. The maximum atomic E-state index is 2.65. The Morgan fingerprint density at radius 2 is 1.57 bits per heavy atom. The normalized spacial score (nSPS) is 41.1. The molecular weight excluding hydrogens is 170 g/mol. The summed E-state index contributed by atoms with van der Waals surface area (Å²) in [5, 5.41) is 0. The molecule has 0 aromatic carbocycles. The summed E-state index contributed by atoms with van der Waals surface area (Å²) in [4.78, 5) is 2.65. The van der Waals surface area contributed by atoms with Gasteiger partial charge in [0.2, 0.25) is 0 Å². The molecule has 2 rings (SSSR count). The van der Waals surface area contributed by atoms with E-state index >= 15 is 0 Å². The molecule has 1 nitrogen and oxygen atoms in total. The van der Waals surface area contributed by atoms with Gasteiger partial charge in [-0.15, -0.1) is 0 Å². The topological polar surface area (TPSA) is 3.24 Å². The molecule has 0 spiro atoms. The maximum absolute atomic E-state index is 2.65. The first kappa shape index (κ1) is 10.5. The van der Waals surface area contributed by atoms with Crippen LogP contribution in [0.25, 0.3) is 0 Å². The monoisotopic (exact) mass is 195 g/mol. The van der Waals surface area contributed by atoms with E-state index in [2.05, 4.69) is 18.9 Å². The van der Waals surface area contributed by atoms with Gasteiger partial charge in [-0.25, -0.2) is 0 Å². The molecule has 1 aliphatic heterocycles. The molecule has 2 bridgehead atoms. The number of hydrogen-bond acceptors (Lipinski definition) is 1. The van der Waals surface area contributed by atoms with Gasteiger partial charge in [0.25, 0.3) is 0 Å². The van der Waals surface area contributed by atoms with E-state index in [4.69, 9.17) is 0 Å². The summed E-state index contributed by atoms with van der Waals surface area (Å²) in [5.41, 5.74) is 0. The lowest BCUT2D eigenvalue weighted by Gasteiger charge is -2.24. The molecule has 1 heteroatoms. The van der Waals surface area contributed by atoms with Crippen LogP contribution in [0.15, 0.2) is 0 Å². The van der Waals surface area contributed by atoms with Gasteiger partial charge in [-0.3, -0.25) is 0 Å². The summed E-state index contributed by atoms with van der Waals surface area (Å²) in [7, 11) is 2.34. The van der Waals surface area contributed by atoms with Crippen LogP contribution in [-0.4, -0.2) is 24.0 Å². The molecule has 2 aliphatic rings. The highest BCUT2D eigenvalue weighted by Crippen LogP contribution is 2.35. The lowest BCUT2D eigenvalue weighted by atomic mass is 9.91. The number of nitrogens with zero attached hydrogens (tertiary/aromatic N) is 1. The van der Waals surface area contributed by atoms with Gasteiger partial charge < -0.3 is 4.90 Å². The van der Waals surface area contributed by atoms with Gasteiger partial charge in [0.05, 0.1) is 0 Å². The molecule has 82 valence electrons. The van der Waals surface area contributed by atoms with Crippen LogP contribution in [0.3, 0.4) is 0 Å². The molecule has 1 saturated carbocycles. The molecular formula is C13H25N. The Kier molecular flexibility index (Phi) is 3.48. The van der Waals surface area contributed by atoms with E-state index < -0.39 is 0 Å². The van der Waals surface area contributed by atoms with Crippen molar-refractivity contribution in [2.75, 3.05) is 7.05 Å². The quantitative estimate of drug-likeness (QED) is 0.572. The van der Waals surface area contributed by atoms with Crippen molar-refractivity contribution in [2.24, 2.45) is 5.92 Å². The van der Waals surface area contributed by atoms with Crippen molar-refractivity contribution in [1.29, 1.82) is 0 Å². The highest BCUT2D eigenvalue weighted by molar-refractivity contribution is 4.89. The Balaban J connectivity index is 1.97. The average Bonchev–Trinajstić information content (AvgIpc) is 2.45. The minimum Gasteiger partial charge on any atom is -0.300 e. The SMILES string of the molecule is CC1C2CCCCCCCC(C2)N1C. The van der Waals surface area contributed by atoms with Gasteiger partial charge >= 0.3 is 0 Å². The lowest BCUT2D eigenvalue weighted by Crippen LogP contribution is -2.31. The Hall–Kier alpha value is -0.0400. The molecule has 1 heterocycles. The van der Waals surface area contributed by atoms with Crippen LogP contribution >= 0.6 is 0 Å². The molecule has 1 aliphatic carbocycles. The van der Waals surface area contributed by atoms with Crippen LogP contribution in [0.4, 0.5) is 0 Å². The van der Waals surface area contributed by atoms with Gasteiger partial charge in [0.1, 0.15) is 0 Å². The van der Waals surface area contributed by atoms with Gasteiger partial charge in [-0.2, -0.15) is 0 Å². The smallest absolute Gasteiger partial charge is 0.00983 e. The Morgan fingerprint density at radius 3 is 2.36 bits per heavy atom. The lowest BCUT2D eigenvalue weighted by molar-refractivity contribution is 0.226. The first-order valence-corrected chi connectivity index (χ1v) is 6.51. The van der Waals surface area contributed by atoms with Crippen LogP contribution in [0, 0.1) is 5.92 Å². The van der Waals surface area contributed by atoms with E-state index in [1.807, 2.05) is 0 Å². The highest BCUT2D eigenvalue weighted by atomic mass is 15.2. The van der Waals surface area contributed by atoms with Crippen molar-refractivity contribution in [2.45, 2.75) is 70.4 Å². The molecule has 14 heavy (non-hydrogen) atoms. The number of fused-ring (bicyclic) bond motifs is 2. The Morgan fingerprint density at radius 1 is 0.929 bits per heavy atom. The van der Waals surface area contributed by atoms with E-state index in [9.17, 15) is 0 Å². The van der Waals surface area contributed by atoms with Crippen molar-refractivity contribution in [3.05, 3.63) is 0 Å². The number of hydrogen-bond donors (Lipinski definition) is 0. The molecule has 0 aromatic heterocycles. The van der Waals surface area contributed by atoms with Gasteiger partial charge in [0, 0.05) is 12.1 Å². The molecule has 0 amide bonds. The van der Waals surface area contributed by atoms with E-state index in [-0.39, 0.29) is 0 Å². The van der Waals surface area contributed by atoms with E-state index in [1.165, 1.54) is 51.4 Å². The van der Waals surface area contributed by atoms with Crippen LogP contribution in [-0.2, 0) is 0 Å². The summed E-state index contributed by atoms with van der Waals surface area (Å²) in [6, 6.07) is 1.76. The van der Waals surface area contributed by atoms with Crippen LogP contribution in [0.5, 0.6) is 0 Å². The molecule has 1 saturated heterocycles. The molecule has 0 N–H and O–H groups in total. The highest BCUT2D eigenvalue weighted by Gasteiger charge is 2.35. The van der Waals surface area contributed by atoms with E-state index in [0.29, 0.717) is 0 Å². The predicted octanol–water partition coefficient (Wildman–Crippen LogP) is 3.44. The average molecular weight is 195 g/mol. The van der Waals surface area contributed by atoms with E-state index in [1.54, 1.807) is 0 Å². The van der Waals surface area contributed by atoms with Crippen LogP contribution in [0.2, 0.25) is 0 Å². The standard InChI is InChI=1S/C13H25N/c1-11-12-8-6-4-3-5-7-9-13(10-12)14(11)2/h11-13H,3-10H2,1-2H3. The predicted molar refractivity (Wildman–Crippen MR) is 61.4 cm³/mol. The summed E-state index contributed by atoms with van der Waals surface area (Å²) < 4.78 is 0. The van der Waals surface area contributed by atoms with Crippen LogP contribution < -0.4 is 0 Å². The first-order chi connectivity index (χ1) is 6.79. The summed E-state index contributed by atoms with van der Waals surface area (Å²) in [5.74, 6) is 1.00. The van der Waals surface area contributed by atoms with Crippen LogP contribution in [0.1, 0.15) is 58.3 Å². The largest absolute Gasteiger partial charge is 0.300 e. The molecule has 2 fully saturated rings. The second-order valence-electron chi connectivity index (χ2n) is 5.40. The second-order valence-corrected chi connectivity index (χ2v) is 5.40. The minimum absolute atomic E-state index is 0.845. The minimum atomic E-state index is 0.845. The summed E-state index contributed by atoms with van der Waals surface area (Å²) in [6.45, 7) is 2.43.